The lowest BCUT2D eigenvalue weighted by Crippen LogP contribution is -2.33. The van der Waals surface area contributed by atoms with Gasteiger partial charge in [0.15, 0.2) is 17.2 Å². The maximum absolute atomic E-state index is 11.3. The van der Waals surface area contributed by atoms with Gasteiger partial charge >= 0.3 is 6.16 Å². The average molecular weight is 407 g/mol. The van der Waals surface area contributed by atoms with Crippen LogP contribution in [0.4, 0.5) is 10.6 Å². The molecule has 3 rings (SSSR count). The van der Waals surface area contributed by atoms with E-state index >= 15 is 0 Å². The number of nitriles is 1. The van der Waals surface area contributed by atoms with E-state index in [9.17, 15) is 10.1 Å². The first kappa shape index (κ1) is 22.4. The highest BCUT2D eigenvalue weighted by molar-refractivity contribution is 5.65. The predicted molar refractivity (Wildman–Crippen MR) is 100 cm³/mol. The molecule has 29 heavy (non-hydrogen) atoms. The van der Waals surface area contributed by atoms with Crippen molar-refractivity contribution in [3.63, 3.8) is 0 Å². The van der Waals surface area contributed by atoms with Crippen LogP contribution in [0, 0.1) is 11.3 Å². The summed E-state index contributed by atoms with van der Waals surface area (Å²) in [5, 5.41) is 29.8. The molecule has 0 radical (unpaired) electrons. The molecule has 158 valence electrons. The van der Waals surface area contributed by atoms with Crippen molar-refractivity contribution in [2.75, 3.05) is 18.9 Å². The first-order chi connectivity index (χ1) is 13.6. The smallest absolute Gasteiger partial charge is 0.435 e. The van der Waals surface area contributed by atoms with E-state index in [1.807, 2.05) is 6.07 Å². The molecule has 2 atom stereocenters. The number of rotatable bonds is 4. The Hall–Kier alpha value is -2.94. The molecule has 1 saturated heterocycles. The average Bonchev–Trinajstić information content (AvgIpc) is 3.24. The van der Waals surface area contributed by atoms with Crippen LogP contribution in [0.1, 0.15) is 45.4 Å². The highest BCUT2D eigenvalue weighted by Crippen LogP contribution is 2.40. The number of fused-ring (bicyclic) bond motifs is 1. The third-order valence-corrected chi connectivity index (χ3v) is 3.91. The minimum Gasteiger partial charge on any atom is -0.435 e. The van der Waals surface area contributed by atoms with Crippen LogP contribution in [-0.2, 0) is 14.2 Å². The fourth-order valence-corrected chi connectivity index (χ4v) is 2.74. The Morgan fingerprint density at radius 1 is 1.48 bits per heavy atom. The fourth-order valence-electron chi connectivity index (χ4n) is 2.74. The molecule has 1 aliphatic heterocycles. The van der Waals surface area contributed by atoms with Crippen LogP contribution < -0.4 is 5.73 Å². The van der Waals surface area contributed by atoms with Gasteiger partial charge < -0.3 is 30.2 Å². The van der Waals surface area contributed by atoms with Crippen LogP contribution in [0.25, 0.3) is 5.52 Å². The van der Waals surface area contributed by atoms with Gasteiger partial charge in [-0.05, 0) is 45.7 Å². The Morgan fingerprint density at radius 3 is 2.79 bits per heavy atom. The molecule has 2 unspecified atom stereocenters. The van der Waals surface area contributed by atoms with Gasteiger partial charge in [-0.2, -0.15) is 10.4 Å². The highest BCUT2D eigenvalue weighted by Gasteiger charge is 2.43. The number of nitrogens with zero attached hydrogens (tertiary/aromatic N) is 4. The van der Waals surface area contributed by atoms with Crippen molar-refractivity contribution >= 4 is 17.5 Å². The van der Waals surface area contributed by atoms with Crippen molar-refractivity contribution in [1.29, 1.82) is 5.26 Å². The first-order valence-corrected chi connectivity index (χ1v) is 9.00. The SMILES string of the molecule is CC(C)(O)O.CCOC(=O)OCC1(C#N)CCC(c2ccc3c(N)ncnn23)O1. The minimum atomic E-state index is -1.50. The summed E-state index contributed by atoms with van der Waals surface area (Å²) in [5.41, 5.74) is 6.07. The van der Waals surface area contributed by atoms with Gasteiger partial charge in [-0.25, -0.2) is 14.3 Å². The fraction of sp³-hybridized carbons (Fsp3) is 0.556. The lowest BCUT2D eigenvalue weighted by Gasteiger charge is -2.21. The summed E-state index contributed by atoms with van der Waals surface area (Å²) in [6.07, 6.45) is 1.22. The zero-order chi connectivity index (χ0) is 21.7. The number of anilines is 1. The van der Waals surface area contributed by atoms with Gasteiger partial charge in [-0.3, -0.25) is 0 Å². The monoisotopic (exact) mass is 407 g/mol. The first-order valence-electron chi connectivity index (χ1n) is 9.00. The molecule has 0 bridgehead atoms. The molecule has 4 N–H and O–H groups in total. The maximum Gasteiger partial charge on any atom is 0.508 e. The molecule has 2 aromatic heterocycles. The molecule has 0 saturated carbocycles. The lowest BCUT2D eigenvalue weighted by molar-refractivity contribution is -0.127. The van der Waals surface area contributed by atoms with Crippen LogP contribution in [-0.4, -0.2) is 55.6 Å². The predicted octanol–water partition coefficient (Wildman–Crippen LogP) is 1.31. The molecule has 11 heteroatoms. The molecule has 0 amide bonds. The second kappa shape index (κ2) is 9.04. The Kier molecular flexibility index (Phi) is 6.97. The Labute approximate surface area is 167 Å². The third-order valence-electron chi connectivity index (χ3n) is 3.91. The molecule has 1 fully saturated rings. The number of aromatic nitrogens is 3. The minimum absolute atomic E-state index is 0.181. The largest absolute Gasteiger partial charge is 0.508 e. The van der Waals surface area contributed by atoms with Crippen LogP contribution >= 0.6 is 0 Å². The van der Waals surface area contributed by atoms with Crippen molar-refractivity contribution in [2.24, 2.45) is 0 Å². The topological polar surface area (TPSA) is 165 Å². The lowest BCUT2D eigenvalue weighted by atomic mass is 10.0. The summed E-state index contributed by atoms with van der Waals surface area (Å²) in [7, 11) is 0. The second-order valence-electron chi connectivity index (χ2n) is 6.92. The maximum atomic E-state index is 11.3. The van der Waals surface area contributed by atoms with E-state index in [4.69, 9.17) is 30.2 Å². The van der Waals surface area contributed by atoms with E-state index in [0.29, 0.717) is 24.2 Å². The van der Waals surface area contributed by atoms with Crippen molar-refractivity contribution < 1.29 is 29.2 Å². The zero-order valence-electron chi connectivity index (χ0n) is 16.5. The molecule has 11 nitrogen and oxygen atoms in total. The van der Waals surface area contributed by atoms with E-state index < -0.39 is 17.5 Å². The van der Waals surface area contributed by atoms with E-state index in [1.54, 1.807) is 17.5 Å². The van der Waals surface area contributed by atoms with Crippen LogP contribution in [0.3, 0.4) is 0 Å². The second-order valence-corrected chi connectivity index (χ2v) is 6.92. The zero-order valence-corrected chi connectivity index (χ0v) is 16.5. The van der Waals surface area contributed by atoms with Gasteiger partial charge in [0.1, 0.15) is 30.6 Å². The number of carbonyl (C=O) groups is 1. The summed E-state index contributed by atoms with van der Waals surface area (Å²) in [5.74, 6) is -1.13. The molecule has 2 aromatic rings. The standard InChI is InChI=1S/C15H17N5O4.C3H8O2/c1-2-22-14(21)23-8-15(7-16)6-5-12(24-15)10-3-4-11-13(17)18-9-19-20(10)11;1-3(2,4)5/h3-4,9,12H,2,5-6,8H2,1H3,(H2,17,18,19);4-5H,1-2H3. The molecular weight excluding hydrogens is 382 g/mol. The summed E-state index contributed by atoms with van der Waals surface area (Å²) in [6, 6.07) is 5.74. The normalized spacial score (nSPS) is 21.2. The number of ether oxygens (including phenoxy) is 3. The summed E-state index contributed by atoms with van der Waals surface area (Å²) >= 11 is 0. The third kappa shape index (κ3) is 6.02. The molecule has 1 aliphatic rings. The molecule has 0 spiro atoms. The molecular formula is C18H25N5O6. The van der Waals surface area contributed by atoms with Gasteiger partial charge in [-0.15, -0.1) is 0 Å². The van der Waals surface area contributed by atoms with Crippen molar-refractivity contribution in [2.45, 2.75) is 51.1 Å². The number of hydrogen-bond acceptors (Lipinski definition) is 10. The van der Waals surface area contributed by atoms with E-state index in [0.717, 1.165) is 5.69 Å². The van der Waals surface area contributed by atoms with Gasteiger partial charge in [0.05, 0.1) is 12.3 Å². The number of aliphatic hydroxyl groups is 2. The van der Waals surface area contributed by atoms with Gasteiger partial charge in [0.25, 0.3) is 0 Å². The highest BCUT2D eigenvalue weighted by atomic mass is 16.7. The Bertz CT molecular complexity index is 881. The van der Waals surface area contributed by atoms with Crippen LogP contribution in [0.5, 0.6) is 0 Å². The number of hydrogen-bond donors (Lipinski definition) is 3. The van der Waals surface area contributed by atoms with E-state index in [-0.39, 0.29) is 19.3 Å². The molecule has 0 aromatic carbocycles. The number of carbonyl (C=O) groups excluding carboxylic acids is 1. The van der Waals surface area contributed by atoms with Gasteiger partial charge in [0, 0.05) is 0 Å². The van der Waals surface area contributed by atoms with Crippen LogP contribution in [0.15, 0.2) is 18.5 Å². The van der Waals surface area contributed by atoms with E-state index in [1.165, 1.54) is 20.2 Å². The molecule has 3 heterocycles. The number of nitrogen functional groups attached to an aromatic ring is 1. The summed E-state index contributed by atoms with van der Waals surface area (Å²) in [6.45, 7) is 4.30. The quantitative estimate of drug-likeness (QED) is 0.497. The number of nitrogens with two attached hydrogens (primary N) is 1. The van der Waals surface area contributed by atoms with Crippen molar-refractivity contribution in [3.05, 3.63) is 24.2 Å². The van der Waals surface area contributed by atoms with Crippen LogP contribution in [0.2, 0.25) is 0 Å². The van der Waals surface area contributed by atoms with E-state index in [2.05, 4.69) is 16.2 Å². The Morgan fingerprint density at radius 2 is 2.17 bits per heavy atom. The van der Waals surface area contributed by atoms with Gasteiger partial charge in [-0.1, -0.05) is 0 Å². The molecule has 0 aliphatic carbocycles. The van der Waals surface area contributed by atoms with Crippen molar-refractivity contribution in [3.8, 4) is 6.07 Å². The summed E-state index contributed by atoms with van der Waals surface area (Å²) in [4.78, 5) is 15.3. The Balaban J connectivity index is 0.000000537. The van der Waals surface area contributed by atoms with Gasteiger partial charge in [0.2, 0.25) is 0 Å². The van der Waals surface area contributed by atoms with Crippen molar-refractivity contribution in [1.82, 2.24) is 14.6 Å². The summed E-state index contributed by atoms with van der Waals surface area (Å²) < 4.78 is 17.2.